The Hall–Kier alpha value is -3.08. The van der Waals surface area contributed by atoms with Crippen molar-refractivity contribution < 1.29 is 13.9 Å². The van der Waals surface area contributed by atoms with E-state index in [9.17, 15) is 9.18 Å². The molecule has 1 aliphatic rings. The van der Waals surface area contributed by atoms with Gasteiger partial charge in [0.2, 0.25) is 0 Å². The van der Waals surface area contributed by atoms with Gasteiger partial charge < -0.3 is 14.2 Å². The highest BCUT2D eigenvalue weighted by Crippen LogP contribution is 2.26. The van der Waals surface area contributed by atoms with Gasteiger partial charge in [0.05, 0.1) is 13.7 Å². The monoisotopic (exact) mass is 420 g/mol. The molecule has 162 valence electrons. The van der Waals surface area contributed by atoms with Gasteiger partial charge in [0.15, 0.2) is 0 Å². The Balaban J connectivity index is 1.58. The fraction of sp³-hybridized carbons (Fsp3) is 0.346. The van der Waals surface area contributed by atoms with Crippen LogP contribution in [0.4, 0.5) is 4.39 Å². The van der Waals surface area contributed by atoms with Crippen LogP contribution in [-0.2, 0) is 13.1 Å². The highest BCUT2D eigenvalue weighted by Gasteiger charge is 2.27. The molecule has 2 aromatic carbocycles. The summed E-state index contributed by atoms with van der Waals surface area (Å²) < 4.78 is 20.9. The maximum absolute atomic E-state index is 13.4. The number of hydrogen-bond donors (Lipinski definition) is 0. The van der Waals surface area contributed by atoms with Crippen molar-refractivity contribution in [3.8, 4) is 5.75 Å². The van der Waals surface area contributed by atoms with Crippen molar-refractivity contribution in [2.45, 2.75) is 51.2 Å². The van der Waals surface area contributed by atoms with Gasteiger partial charge in [0, 0.05) is 30.0 Å². The number of ether oxygens (including phenoxy) is 1. The Kier molecular flexibility index (Phi) is 6.70. The van der Waals surface area contributed by atoms with Gasteiger partial charge in [0.25, 0.3) is 5.91 Å². The number of carbonyl (C=O) groups is 1. The molecule has 1 amide bonds. The second-order valence-corrected chi connectivity index (χ2v) is 8.21. The Labute approximate surface area is 183 Å². The molecule has 0 N–H and O–H groups in total. The molecular formula is C26H29FN2O2. The molecule has 5 heteroatoms. The van der Waals surface area contributed by atoms with Crippen molar-refractivity contribution in [1.82, 2.24) is 9.47 Å². The lowest BCUT2D eigenvalue weighted by molar-refractivity contribution is 0.0608. The highest BCUT2D eigenvalue weighted by atomic mass is 19.1. The van der Waals surface area contributed by atoms with Gasteiger partial charge in [-0.2, -0.15) is 0 Å². The lowest BCUT2D eigenvalue weighted by Crippen LogP contribution is -2.41. The van der Waals surface area contributed by atoms with Gasteiger partial charge in [0.1, 0.15) is 11.6 Å². The normalized spacial score (nSPS) is 14.4. The molecule has 0 bridgehead atoms. The van der Waals surface area contributed by atoms with Crippen molar-refractivity contribution in [3.05, 3.63) is 89.5 Å². The quantitative estimate of drug-likeness (QED) is 0.494. The summed E-state index contributed by atoms with van der Waals surface area (Å²) >= 11 is 0. The molecule has 0 atom stereocenters. The molecule has 31 heavy (non-hydrogen) atoms. The van der Waals surface area contributed by atoms with Crippen LogP contribution in [-0.4, -0.2) is 28.5 Å². The third-order valence-electron chi connectivity index (χ3n) is 6.11. The average molecular weight is 421 g/mol. The van der Waals surface area contributed by atoms with E-state index in [1.54, 1.807) is 19.2 Å². The standard InChI is InChI=1S/C26H29FN2O2/c1-31-25-11-5-7-20(17-25)18-28-16-6-10-24(28)19-29(23-8-3-2-4-9-23)26(30)21-12-14-22(27)15-13-21/h5-7,10-17,23H,2-4,8-9,18-19H2,1H3. The van der Waals surface area contributed by atoms with Crippen molar-refractivity contribution in [2.24, 2.45) is 0 Å². The number of hydrogen-bond acceptors (Lipinski definition) is 2. The summed E-state index contributed by atoms with van der Waals surface area (Å²) in [6.45, 7) is 1.25. The Morgan fingerprint density at radius 2 is 1.84 bits per heavy atom. The van der Waals surface area contributed by atoms with Gasteiger partial charge in [-0.3, -0.25) is 4.79 Å². The van der Waals surface area contributed by atoms with Crippen molar-refractivity contribution in [2.75, 3.05) is 7.11 Å². The minimum absolute atomic E-state index is 0.0268. The molecule has 0 aliphatic heterocycles. The van der Waals surface area contributed by atoms with Crippen molar-refractivity contribution in [3.63, 3.8) is 0 Å². The molecule has 1 aromatic heterocycles. The molecule has 0 radical (unpaired) electrons. The first-order valence-corrected chi connectivity index (χ1v) is 11.0. The molecule has 0 spiro atoms. The van der Waals surface area contributed by atoms with Crippen LogP contribution in [0.3, 0.4) is 0 Å². The zero-order valence-corrected chi connectivity index (χ0v) is 18.0. The number of nitrogens with zero attached hydrogens (tertiary/aromatic N) is 2. The topological polar surface area (TPSA) is 34.5 Å². The minimum Gasteiger partial charge on any atom is -0.497 e. The van der Waals surface area contributed by atoms with E-state index in [1.807, 2.05) is 29.2 Å². The van der Waals surface area contributed by atoms with E-state index >= 15 is 0 Å². The smallest absolute Gasteiger partial charge is 0.254 e. The zero-order valence-electron chi connectivity index (χ0n) is 18.0. The summed E-state index contributed by atoms with van der Waals surface area (Å²) in [5.41, 5.74) is 2.77. The van der Waals surface area contributed by atoms with E-state index in [4.69, 9.17) is 4.74 Å². The summed E-state index contributed by atoms with van der Waals surface area (Å²) in [5, 5.41) is 0. The number of methoxy groups -OCH3 is 1. The van der Waals surface area contributed by atoms with Gasteiger partial charge in [-0.1, -0.05) is 31.4 Å². The van der Waals surface area contributed by atoms with Crippen LogP contribution in [0, 0.1) is 5.82 Å². The Bertz CT molecular complexity index is 1010. The summed E-state index contributed by atoms with van der Waals surface area (Å²) in [5.74, 6) is 0.482. The molecule has 1 saturated carbocycles. The van der Waals surface area contributed by atoms with Crippen molar-refractivity contribution in [1.29, 1.82) is 0 Å². The lowest BCUT2D eigenvalue weighted by atomic mass is 9.93. The van der Waals surface area contributed by atoms with Crippen LogP contribution >= 0.6 is 0 Å². The summed E-state index contributed by atoms with van der Waals surface area (Å²) in [4.78, 5) is 15.4. The molecule has 1 aliphatic carbocycles. The molecule has 3 aromatic rings. The Morgan fingerprint density at radius 3 is 2.58 bits per heavy atom. The minimum atomic E-state index is -0.326. The average Bonchev–Trinajstić information content (AvgIpc) is 3.24. The molecule has 0 unspecified atom stereocenters. The summed E-state index contributed by atoms with van der Waals surface area (Å²) in [6, 6.07) is 18.2. The highest BCUT2D eigenvalue weighted by molar-refractivity contribution is 5.94. The van der Waals surface area contributed by atoms with Crippen LogP contribution in [0.1, 0.15) is 53.7 Å². The molecule has 1 heterocycles. The van der Waals surface area contributed by atoms with Crippen molar-refractivity contribution >= 4 is 5.91 Å². The molecule has 1 fully saturated rings. The van der Waals surface area contributed by atoms with E-state index in [0.29, 0.717) is 18.7 Å². The van der Waals surface area contributed by atoms with Crippen LogP contribution < -0.4 is 4.74 Å². The zero-order chi connectivity index (χ0) is 21.6. The fourth-order valence-corrected chi connectivity index (χ4v) is 4.41. The largest absolute Gasteiger partial charge is 0.497 e. The maximum atomic E-state index is 13.4. The van der Waals surface area contributed by atoms with E-state index in [1.165, 1.54) is 18.6 Å². The summed E-state index contributed by atoms with van der Waals surface area (Å²) in [6.07, 6.45) is 7.59. The van der Waals surface area contributed by atoms with Crippen LogP contribution in [0.15, 0.2) is 66.9 Å². The predicted molar refractivity (Wildman–Crippen MR) is 120 cm³/mol. The SMILES string of the molecule is COc1cccc(Cn2cccc2CN(C(=O)c2ccc(F)cc2)C2CCCCC2)c1. The van der Waals surface area contributed by atoms with Gasteiger partial charge in [-0.05, 0) is 66.9 Å². The van der Waals surface area contributed by atoms with Crippen LogP contribution in [0.2, 0.25) is 0 Å². The number of halogens is 1. The first-order valence-electron chi connectivity index (χ1n) is 11.0. The van der Waals surface area contributed by atoms with Crippen LogP contribution in [0.25, 0.3) is 0 Å². The third kappa shape index (κ3) is 5.16. The molecule has 4 nitrogen and oxygen atoms in total. The number of benzene rings is 2. The van der Waals surface area contributed by atoms with Crippen LogP contribution in [0.5, 0.6) is 5.75 Å². The first kappa shape index (κ1) is 21.2. The molecule has 0 saturated heterocycles. The molecular weight excluding hydrogens is 391 g/mol. The van der Waals surface area contributed by atoms with Gasteiger partial charge >= 0.3 is 0 Å². The third-order valence-corrected chi connectivity index (χ3v) is 6.11. The van der Waals surface area contributed by atoms with E-state index in [2.05, 4.69) is 22.9 Å². The maximum Gasteiger partial charge on any atom is 0.254 e. The van der Waals surface area contributed by atoms with E-state index in [0.717, 1.165) is 42.7 Å². The predicted octanol–water partition coefficient (Wildman–Crippen LogP) is 5.66. The second kappa shape index (κ2) is 9.82. The summed E-state index contributed by atoms with van der Waals surface area (Å²) in [7, 11) is 1.67. The van der Waals surface area contributed by atoms with Gasteiger partial charge in [-0.25, -0.2) is 4.39 Å². The fourth-order valence-electron chi connectivity index (χ4n) is 4.41. The number of rotatable bonds is 7. The number of carbonyl (C=O) groups excluding carboxylic acids is 1. The first-order chi connectivity index (χ1) is 15.1. The van der Waals surface area contributed by atoms with Gasteiger partial charge in [-0.15, -0.1) is 0 Å². The van der Waals surface area contributed by atoms with E-state index in [-0.39, 0.29) is 17.8 Å². The molecule has 4 rings (SSSR count). The number of aromatic nitrogens is 1. The van der Waals surface area contributed by atoms with E-state index < -0.39 is 0 Å². The number of amides is 1. The second-order valence-electron chi connectivity index (χ2n) is 8.21. The Morgan fingerprint density at radius 1 is 1.06 bits per heavy atom. The lowest BCUT2D eigenvalue weighted by Gasteiger charge is -2.35.